The van der Waals surface area contributed by atoms with E-state index in [9.17, 15) is 22.4 Å². The molecule has 11 heteroatoms. The zero-order valence-corrected chi connectivity index (χ0v) is 27.6. The summed E-state index contributed by atoms with van der Waals surface area (Å²) in [7, 11) is -0.840. The Hall–Kier alpha value is -5.29. The van der Waals surface area contributed by atoms with Crippen molar-refractivity contribution in [3.63, 3.8) is 0 Å². The van der Waals surface area contributed by atoms with Crippen LogP contribution in [0, 0.1) is 19.7 Å². The number of amides is 1. The molecule has 4 aromatic carbocycles. The highest BCUT2D eigenvalue weighted by Gasteiger charge is 2.26. The molecule has 1 atom stereocenters. The summed E-state index contributed by atoms with van der Waals surface area (Å²) in [5.74, 6) is -0.122. The number of furan rings is 1. The van der Waals surface area contributed by atoms with Crippen molar-refractivity contribution in [2.24, 2.45) is 0 Å². The molecule has 9 nitrogen and oxygen atoms in total. The van der Waals surface area contributed by atoms with Crippen molar-refractivity contribution in [1.29, 1.82) is 0 Å². The van der Waals surface area contributed by atoms with Crippen molar-refractivity contribution < 1.29 is 22.0 Å². The van der Waals surface area contributed by atoms with Crippen LogP contribution in [0.2, 0.25) is 0 Å². The number of fused-ring (bicyclic) bond motifs is 2. The average molecular weight is 653 g/mol. The first kappa shape index (κ1) is 31.7. The SMILES string of the molecule is CNC(=O)c1c(-c2ccc(F)cc2)oc2cc(N(C)S(C)(=O)=O)c(-c3ccc4nc(C)n([C@H](C)c5ccc(C)cc5)c(=O)c4c3)cc12. The Balaban J connectivity index is 1.62. The van der Waals surface area contributed by atoms with Gasteiger partial charge in [-0.25, -0.2) is 17.8 Å². The normalized spacial score (nSPS) is 12.4. The minimum Gasteiger partial charge on any atom is -0.455 e. The molecule has 0 fully saturated rings. The minimum absolute atomic E-state index is 0.204. The van der Waals surface area contributed by atoms with E-state index in [1.54, 1.807) is 41.8 Å². The van der Waals surface area contributed by atoms with Crippen molar-refractivity contribution in [3.05, 3.63) is 118 Å². The van der Waals surface area contributed by atoms with Crippen molar-refractivity contribution in [2.75, 3.05) is 24.7 Å². The lowest BCUT2D eigenvalue weighted by Crippen LogP contribution is -2.27. The van der Waals surface area contributed by atoms with Crippen LogP contribution < -0.4 is 15.2 Å². The molecule has 2 aromatic heterocycles. The summed E-state index contributed by atoms with van der Waals surface area (Å²) in [4.78, 5) is 32.1. The predicted octanol–water partition coefficient (Wildman–Crippen LogP) is 6.60. The molecule has 1 amide bonds. The highest BCUT2D eigenvalue weighted by molar-refractivity contribution is 7.92. The summed E-state index contributed by atoms with van der Waals surface area (Å²) >= 11 is 0. The van der Waals surface area contributed by atoms with Gasteiger partial charge in [0.1, 0.15) is 23.0 Å². The number of rotatable bonds is 7. The molecule has 47 heavy (non-hydrogen) atoms. The van der Waals surface area contributed by atoms with Crippen LogP contribution in [0.5, 0.6) is 0 Å². The van der Waals surface area contributed by atoms with Crippen LogP contribution >= 0.6 is 0 Å². The molecule has 6 rings (SSSR count). The van der Waals surface area contributed by atoms with E-state index in [0.717, 1.165) is 21.7 Å². The van der Waals surface area contributed by atoms with Gasteiger partial charge in [-0.05, 0) is 74.4 Å². The van der Waals surface area contributed by atoms with Crippen LogP contribution in [0.1, 0.15) is 40.3 Å². The van der Waals surface area contributed by atoms with Gasteiger partial charge in [-0.1, -0.05) is 35.9 Å². The Bertz CT molecular complexity index is 2360. The molecule has 0 saturated carbocycles. The van der Waals surface area contributed by atoms with Crippen molar-refractivity contribution in [2.45, 2.75) is 26.8 Å². The van der Waals surface area contributed by atoms with Gasteiger partial charge in [0.2, 0.25) is 10.0 Å². The van der Waals surface area contributed by atoms with E-state index in [0.29, 0.717) is 38.8 Å². The van der Waals surface area contributed by atoms with Crippen LogP contribution in [-0.2, 0) is 10.0 Å². The van der Waals surface area contributed by atoms with Crippen LogP contribution in [0.4, 0.5) is 10.1 Å². The molecular formula is C36H33FN4O5S. The van der Waals surface area contributed by atoms with Gasteiger partial charge in [0.25, 0.3) is 11.5 Å². The maximum Gasteiger partial charge on any atom is 0.261 e. The topological polar surface area (TPSA) is 115 Å². The quantitative estimate of drug-likeness (QED) is 0.208. The maximum atomic E-state index is 14.1. The Labute approximate surface area is 271 Å². The van der Waals surface area contributed by atoms with Gasteiger partial charge in [-0.15, -0.1) is 0 Å². The predicted molar refractivity (Wildman–Crippen MR) is 183 cm³/mol. The standard InChI is InChI=1S/C36H33FN4O5S/c1-20-7-9-23(10-8-20)21(2)41-22(3)39-30-16-13-25(17-28(30)36(41)43)27-18-29-32(19-31(27)40(5)47(6,44)45)46-34(33(29)35(42)38-4)24-11-14-26(37)15-12-24/h7-19,21H,1-6H3,(H,38,42)/t21-/m1/s1. The fourth-order valence-electron chi connectivity index (χ4n) is 5.88. The second-order valence-corrected chi connectivity index (χ2v) is 13.7. The van der Waals surface area contributed by atoms with Gasteiger partial charge in [-0.2, -0.15) is 0 Å². The number of nitrogens with zero attached hydrogens (tertiary/aromatic N) is 3. The molecule has 0 unspecified atom stereocenters. The second kappa shape index (κ2) is 11.8. The lowest BCUT2D eigenvalue weighted by molar-refractivity contribution is 0.0964. The van der Waals surface area contributed by atoms with Crippen LogP contribution in [-0.4, -0.2) is 44.2 Å². The molecule has 0 aliphatic heterocycles. The number of halogens is 1. The molecule has 0 saturated heterocycles. The Morgan fingerprint density at radius 2 is 1.62 bits per heavy atom. The number of nitrogens with one attached hydrogen (secondary N) is 1. The van der Waals surface area contributed by atoms with E-state index < -0.39 is 21.7 Å². The number of sulfonamides is 1. The molecule has 0 bridgehead atoms. The average Bonchev–Trinajstić information content (AvgIpc) is 3.42. The van der Waals surface area contributed by atoms with Crippen LogP contribution in [0.3, 0.4) is 0 Å². The van der Waals surface area contributed by atoms with E-state index >= 15 is 0 Å². The smallest absolute Gasteiger partial charge is 0.261 e. The first-order chi connectivity index (χ1) is 22.3. The number of anilines is 1. The molecule has 0 spiro atoms. The highest BCUT2D eigenvalue weighted by Crippen LogP contribution is 2.41. The van der Waals surface area contributed by atoms with E-state index in [1.165, 1.54) is 38.4 Å². The molecular weight excluding hydrogens is 619 g/mol. The van der Waals surface area contributed by atoms with Crippen molar-refractivity contribution in [3.8, 4) is 22.5 Å². The summed E-state index contributed by atoms with van der Waals surface area (Å²) < 4.78 is 48.4. The number of benzene rings is 4. The Kier molecular flexibility index (Phi) is 7.96. The third kappa shape index (κ3) is 5.67. The number of carbonyl (C=O) groups excluding carboxylic acids is 1. The third-order valence-corrected chi connectivity index (χ3v) is 9.73. The van der Waals surface area contributed by atoms with E-state index in [2.05, 4.69) is 5.32 Å². The van der Waals surface area contributed by atoms with E-state index in [1.807, 2.05) is 38.1 Å². The van der Waals surface area contributed by atoms with Crippen molar-refractivity contribution >= 4 is 43.5 Å². The Morgan fingerprint density at radius 3 is 2.26 bits per heavy atom. The highest BCUT2D eigenvalue weighted by atomic mass is 32.2. The fourth-order valence-corrected chi connectivity index (χ4v) is 6.39. The summed E-state index contributed by atoms with van der Waals surface area (Å²) in [6.07, 6.45) is 1.08. The van der Waals surface area contributed by atoms with Gasteiger partial charge < -0.3 is 9.73 Å². The largest absolute Gasteiger partial charge is 0.455 e. The number of carbonyl (C=O) groups is 1. The Morgan fingerprint density at radius 1 is 0.957 bits per heavy atom. The van der Waals surface area contributed by atoms with Gasteiger partial charge in [0.15, 0.2) is 0 Å². The summed E-state index contributed by atoms with van der Waals surface area (Å²) in [6.45, 7) is 5.74. The lowest BCUT2D eigenvalue weighted by Gasteiger charge is -2.21. The van der Waals surface area contributed by atoms with Gasteiger partial charge >= 0.3 is 0 Å². The number of hydrogen-bond acceptors (Lipinski definition) is 6. The number of aromatic nitrogens is 2. The molecule has 0 aliphatic carbocycles. The molecule has 6 aromatic rings. The van der Waals surface area contributed by atoms with Gasteiger partial charge in [0.05, 0.1) is 34.5 Å². The second-order valence-electron chi connectivity index (χ2n) is 11.6. The molecule has 0 radical (unpaired) electrons. The monoisotopic (exact) mass is 652 g/mol. The van der Waals surface area contributed by atoms with Crippen LogP contribution in [0.15, 0.2) is 88.1 Å². The summed E-state index contributed by atoms with van der Waals surface area (Å²) in [5.41, 5.74) is 4.51. The first-order valence-corrected chi connectivity index (χ1v) is 16.8. The molecule has 2 heterocycles. The van der Waals surface area contributed by atoms with Gasteiger partial charge in [0, 0.05) is 36.7 Å². The van der Waals surface area contributed by atoms with Gasteiger partial charge in [-0.3, -0.25) is 18.5 Å². The zero-order chi connectivity index (χ0) is 33.8. The zero-order valence-electron chi connectivity index (χ0n) is 26.8. The summed E-state index contributed by atoms with van der Waals surface area (Å²) in [5, 5.41) is 3.41. The first-order valence-electron chi connectivity index (χ1n) is 14.9. The van der Waals surface area contributed by atoms with Crippen LogP contribution in [0.25, 0.3) is 44.3 Å². The lowest BCUT2D eigenvalue weighted by atomic mass is 9.97. The minimum atomic E-state index is -3.75. The summed E-state index contributed by atoms with van der Waals surface area (Å²) in [6, 6.07) is 21.7. The molecule has 0 aliphatic rings. The molecule has 240 valence electrons. The van der Waals surface area contributed by atoms with E-state index in [4.69, 9.17) is 9.40 Å². The van der Waals surface area contributed by atoms with E-state index in [-0.39, 0.29) is 34.2 Å². The number of aryl methyl sites for hydroxylation is 2. The van der Waals surface area contributed by atoms with Crippen molar-refractivity contribution in [1.82, 2.24) is 14.9 Å². The fraction of sp³-hybridized carbons (Fsp3) is 0.194. The number of hydrogen-bond donors (Lipinski definition) is 1. The molecule has 1 N–H and O–H groups in total. The maximum absolute atomic E-state index is 14.1. The third-order valence-electron chi connectivity index (χ3n) is 8.54.